The fraction of sp³-hybridized carbons (Fsp3) is 0.333. The maximum absolute atomic E-state index is 13.1. The molecule has 0 atom stereocenters. The molecule has 0 aliphatic rings. The van der Waals surface area contributed by atoms with E-state index in [1.165, 1.54) is 0 Å². The van der Waals surface area contributed by atoms with Crippen molar-refractivity contribution in [2.24, 2.45) is 0 Å². The molecular formula is C24H22I6N2O10. The van der Waals surface area contributed by atoms with Crippen LogP contribution in [0.5, 0.6) is 0 Å². The molecule has 18 heteroatoms. The lowest BCUT2D eigenvalue weighted by molar-refractivity contribution is -0.122. The molecule has 230 valence electrons. The number of nitrogens with zero attached hydrogens (tertiary/aromatic N) is 2. The number of Topliss-reactive ketones (excluding diaryl/α,β-unsaturated/α-hetero) is 2. The molecule has 0 saturated heterocycles. The number of anilines is 2. The van der Waals surface area contributed by atoms with Crippen LogP contribution < -0.4 is 9.80 Å². The Morgan fingerprint density at radius 2 is 0.786 bits per heavy atom. The van der Waals surface area contributed by atoms with Gasteiger partial charge in [0.15, 0.2) is 11.6 Å². The van der Waals surface area contributed by atoms with E-state index in [2.05, 4.69) is 0 Å². The van der Waals surface area contributed by atoms with Gasteiger partial charge in [-0.1, -0.05) is 0 Å². The Morgan fingerprint density at radius 1 is 0.476 bits per heavy atom. The number of aliphatic hydroxyl groups is 6. The Bertz CT molecular complexity index is 1320. The molecular weight excluding hydrogens is 1240 g/mol. The Balaban J connectivity index is 3.34. The van der Waals surface area contributed by atoms with E-state index in [-0.39, 0.29) is 42.7 Å². The van der Waals surface area contributed by atoms with Gasteiger partial charge in [-0.05, 0) is 136 Å². The molecule has 42 heavy (non-hydrogen) atoms. The van der Waals surface area contributed by atoms with Crippen molar-refractivity contribution in [2.45, 2.75) is 0 Å². The third-order valence-corrected chi connectivity index (χ3v) is 12.1. The zero-order valence-corrected chi connectivity index (χ0v) is 34.1. The van der Waals surface area contributed by atoms with Gasteiger partial charge in [-0.3, -0.25) is 19.2 Å². The molecule has 0 fully saturated rings. The van der Waals surface area contributed by atoms with Gasteiger partial charge in [-0.15, -0.1) is 0 Å². The van der Waals surface area contributed by atoms with Crippen molar-refractivity contribution in [1.29, 1.82) is 0 Å². The molecule has 0 spiro atoms. The first-order chi connectivity index (χ1) is 19.8. The molecule has 2 aromatic rings. The molecule has 0 bridgehead atoms. The van der Waals surface area contributed by atoms with Crippen LogP contribution in [0.15, 0.2) is 0 Å². The fourth-order valence-corrected chi connectivity index (χ4v) is 13.7. The minimum absolute atomic E-state index is 0.0539. The number of aliphatic hydroxyl groups excluding tert-OH is 6. The third-order valence-electron chi connectivity index (χ3n) is 5.74. The number of hydrogen-bond donors (Lipinski definition) is 6. The van der Waals surface area contributed by atoms with Crippen molar-refractivity contribution in [3.8, 4) is 11.1 Å². The number of halogens is 6. The number of amides is 2. The van der Waals surface area contributed by atoms with Gasteiger partial charge in [0.25, 0.3) is 11.8 Å². The summed E-state index contributed by atoms with van der Waals surface area (Å²) in [5, 5.41) is 58.5. The molecule has 6 N–H and O–H groups in total. The lowest BCUT2D eigenvalue weighted by Gasteiger charge is -2.30. The van der Waals surface area contributed by atoms with Crippen LogP contribution in [0.25, 0.3) is 11.1 Å². The lowest BCUT2D eigenvalue weighted by Crippen LogP contribution is -2.38. The normalized spacial score (nSPS) is 11.0. The number of ketones is 2. The average Bonchev–Trinajstić information content (AvgIpc) is 2.96. The minimum Gasteiger partial charge on any atom is -0.395 e. The van der Waals surface area contributed by atoms with Gasteiger partial charge in [0, 0.05) is 56.8 Å². The van der Waals surface area contributed by atoms with Crippen molar-refractivity contribution in [3.05, 3.63) is 32.5 Å². The summed E-state index contributed by atoms with van der Waals surface area (Å²) in [6.07, 6.45) is 0. The van der Waals surface area contributed by atoms with Crippen LogP contribution in [0.3, 0.4) is 0 Å². The monoisotopic (exact) mass is 1260 g/mol. The zero-order chi connectivity index (χ0) is 32.0. The maximum atomic E-state index is 13.1. The summed E-state index contributed by atoms with van der Waals surface area (Å²) in [5.74, 6) is -2.88. The van der Waals surface area contributed by atoms with Crippen LogP contribution in [0, 0.1) is 21.4 Å². The van der Waals surface area contributed by atoms with E-state index < -0.39 is 63.0 Å². The Morgan fingerprint density at radius 3 is 1.02 bits per heavy atom. The van der Waals surface area contributed by atoms with Crippen molar-refractivity contribution in [3.63, 3.8) is 0 Å². The number of carbonyl (C=O) groups excluding carboxylic acids is 4. The van der Waals surface area contributed by atoms with Crippen molar-refractivity contribution in [2.75, 3.05) is 62.5 Å². The van der Waals surface area contributed by atoms with E-state index in [1.54, 1.807) is 0 Å². The molecule has 0 aliphatic heterocycles. The summed E-state index contributed by atoms with van der Waals surface area (Å²) in [7, 11) is 0. The average molecular weight is 1260 g/mol. The quantitative estimate of drug-likeness (QED) is 0.128. The first-order valence-corrected chi connectivity index (χ1v) is 18.0. The largest absolute Gasteiger partial charge is 0.395 e. The molecule has 0 aromatic heterocycles. The Hall–Kier alpha value is 0.860. The smallest absolute Gasteiger partial charge is 0.252 e. The predicted octanol–water partition coefficient (Wildman–Crippen LogP) is 1.97. The SMILES string of the molecule is O=C(CO)c1c(I)c(-c2c(I)c(C(=O)CO)c(I)c(N(CCO)C(=O)CO)c2I)c(I)c(N(CCO)C(=O)CO)c1I. The van der Waals surface area contributed by atoms with Gasteiger partial charge >= 0.3 is 0 Å². The van der Waals surface area contributed by atoms with Crippen LogP contribution in [0.4, 0.5) is 11.4 Å². The van der Waals surface area contributed by atoms with Crippen LogP contribution in [-0.2, 0) is 9.59 Å². The summed E-state index contributed by atoms with van der Waals surface area (Å²) < 4.78 is 2.02. The summed E-state index contributed by atoms with van der Waals surface area (Å²) in [5.41, 5.74) is 1.15. The zero-order valence-electron chi connectivity index (χ0n) is 21.1. The Labute approximate surface area is 321 Å². The number of benzene rings is 2. The second-order valence-electron chi connectivity index (χ2n) is 8.10. The van der Waals surface area contributed by atoms with Gasteiger partial charge in [0.2, 0.25) is 0 Å². The van der Waals surface area contributed by atoms with E-state index >= 15 is 0 Å². The molecule has 0 unspecified atom stereocenters. The summed E-state index contributed by atoms with van der Waals surface area (Å²) >= 11 is 11.5. The number of rotatable bonds is 13. The van der Waals surface area contributed by atoms with Gasteiger partial charge in [0.1, 0.15) is 26.4 Å². The summed E-state index contributed by atoms with van der Waals surface area (Å²) in [6, 6.07) is 0. The topological polar surface area (TPSA) is 196 Å². The molecule has 0 radical (unpaired) electrons. The van der Waals surface area contributed by atoms with Crippen LogP contribution in [0.1, 0.15) is 20.7 Å². The number of hydrogen-bond acceptors (Lipinski definition) is 10. The van der Waals surface area contributed by atoms with Gasteiger partial charge in [-0.25, -0.2) is 0 Å². The van der Waals surface area contributed by atoms with Crippen LogP contribution in [-0.4, -0.2) is 107 Å². The highest BCUT2D eigenvalue weighted by Gasteiger charge is 2.35. The van der Waals surface area contributed by atoms with E-state index in [9.17, 15) is 49.8 Å². The van der Waals surface area contributed by atoms with E-state index in [0.29, 0.717) is 25.4 Å². The fourth-order valence-electron chi connectivity index (χ4n) is 3.96. The van der Waals surface area contributed by atoms with E-state index in [1.807, 2.05) is 136 Å². The lowest BCUT2D eigenvalue weighted by atomic mass is 9.96. The van der Waals surface area contributed by atoms with E-state index in [0.717, 1.165) is 9.80 Å². The second-order valence-corrected chi connectivity index (χ2v) is 14.6. The Kier molecular flexibility index (Phi) is 16.4. The second kappa shape index (κ2) is 17.7. The summed E-state index contributed by atoms with van der Waals surface area (Å²) in [4.78, 5) is 54.1. The van der Waals surface area contributed by atoms with Gasteiger partial charge in [0.05, 0.1) is 24.6 Å². The first-order valence-electron chi connectivity index (χ1n) is 11.5. The number of carbonyl (C=O) groups is 4. The molecule has 2 amide bonds. The van der Waals surface area contributed by atoms with Gasteiger partial charge in [-0.2, -0.15) is 0 Å². The third kappa shape index (κ3) is 7.86. The van der Waals surface area contributed by atoms with E-state index in [4.69, 9.17) is 0 Å². The van der Waals surface area contributed by atoms with Crippen molar-refractivity contribution in [1.82, 2.24) is 0 Å². The standard InChI is InChI=1S/C24H22I6N2O10/c25-17-13(9(39)5-35)19(27)23(31(1-3-33)11(41)7-37)21(29)15(17)16-18(26)14(10(40)6-36)20(28)24(22(16)30)32(2-4-34)12(42)8-38/h33-38H,1-8H2. The van der Waals surface area contributed by atoms with Crippen molar-refractivity contribution < 1.29 is 49.8 Å². The maximum Gasteiger partial charge on any atom is 0.252 e. The summed E-state index contributed by atoms with van der Waals surface area (Å²) in [6.45, 7) is -4.92. The predicted molar refractivity (Wildman–Crippen MR) is 204 cm³/mol. The molecule has 0 aliphatic carbocycles. The van der Waals surface area contributed by atoms with Crippen LogP contribution >= 0.6 is 136 Å². The molecule has 2 aromatic carbocycles. The highest BCUT2D eigenvalue weighted by Crippen LogP contribution is 2.49. The molecule has 0 heterocycles. The highest BCUT2D eigenvalue weighted by molar-refractivity contribution is 14.1. The van der Waals surface area contributed by atoms with Crippen LogP contribution in [0.2, 0.25) is 0 Å². The highest BCUT2D eigenvalue weighted by atomic mass is 127. The minimum atomic E-state index is -0.895. The van der Waals surface area contributed by atoms with Gasteiger partial charge < -0.3 is 40.4 Å². The molecule has 12 nitrogen and oxygen atoms in total. The molecule has 0 saturated carbocycles. The van der Waals surface area contributed by atoms with Crippen molar-refractivity contribution >= 4 is 170 Å². The first kappa shape index (κ1) is 39.0. The molecule has 2 rings (SSSR count).